The molecule has 1 heterocycles. The van der Waals surface area contributed by atoms with Gasteiger partial charge in [0.05, 0.1) is 13.0 Å². The summed E-state index contributed by atoms with van der Waals surface area (Å²) >= 11 is 0. The molecule has 0 bridgehead atoms. The minimum atomic E-state index is -0.403. The molecule has 19 heavy (non-hydrogen) atoms. The largest absolute Gasteiger partial charge is 0.469 e. The maximum Gasteiger partial charge on any atom is 0.311 e. The van der Waals surface area contributed by atoms with Gasteiger partial charge in [0.15, 0.2) is 0 Å². The summed E-state index contributed by atoms with van der Waals surface area (Å²) in [6, 6.07) is 7.43. The Kier molecular flexibility index (Phi) is 4.16. The molecule has 1 saturated heterocycles. The van der Waals surface area contributed by atoms with Crippen molar-refractivity contribution in [3.05, 3.63) is 29.8 Å². The van der Waals surface area contributed by atoms with Crippen LogP contribution in [0.15, 0.2) is 24.3 Å². The first kappa shape index (κ1) is 13.5. The zero-order valence-electron chi connectivity index (χ0n) is 10.8. The van der Waals surface area contributed by atoms with Gasteiger partial charge in [0.1, 0.15) is 0 Å². The van der Waals surface area contributed by atoms with Crippen LogP contribution in [0, 0.1) is 5.92 Å². The number of anilines is 1. The maximum absolute atomic E-state index is 12.0. The van der Waals surface area contributed by atoms with Crippen molar-refractivity contribution >= 4 is 17.6 Å². The molecule has 5 nitrogen and oxygen atoms in total. The van der Waals surface area contributed by atoms with Gasteiger partial charge >= 0.3 is 5.97 Å². The van der Waals surface area contributed by atoms with Crippen LogP contribution in [0.1, 0.15) is 12.0 Å². The molecular weight excluding hydrogens is 246 g/mol. The second-order valence-corrected chi connectivity index (χ2v) is 4.53. The number of aliphatic hydroxyl groups is 1. The lowest BCUT2D eigenvalue weighted by atomic mass is 10.1. The predicted molar refractivity (Wildman–Crippen MR) is 69.7 cm³/mol. The summed E-state index contributed by atoms with van der Waals surface area (Å²) in [6.45, 7) is 0.368. The normalized spacial score (nSPS) is 18.7. The number of rotatable bonds is 4. The third-order valence-electron chi connectivity index (χ3n) is 3.32. The fourth-order valence-corrected chi connectivity index (χ4v) is 2.37. The van der Waals surface area contributed by atoms with Gasteiger partial charge in [0.2, 0.25) is 5.91 Å². The molecule has 1 N–H and O–H groups in total. The number of aliphatic hydroxyl groups excluding tert-OH is 1. The molecule has 1 amide bonds. The van der Waals surface area contributed by atoms with Crippen molar-refractivity contribution in [2.24, 2.45) is 5.92 Å². The number of methoxy groups -OCH3 is 1. The van der Waals surface area contributed by atoms with Gasteiger partial charge in [-0.25, -0.2) is 0 Å². The lowest BCUT2D eigenvalue weighted by Gasteiger charge is -2.19. The van der Waals surface area contributed by atoms with Gasteiger partial charge in [-0.1, -0.05) is 18.2 Å². The molecule has 5 heteroatoms. The number of benzene rings is 1. The highest BCUT2D eigenvalue weighted by atomic mass is 16.5. The molecule has 0 radical (unpaired) electrons. The van der Waals surface area contributed by atoms with E-state index in [-0.39, 0.29) is 24.9 Å². The van der Waals surface area contributed by atoms with E-state index in [1.807, 2.05) is 24.3 Å². The number of esters is 1. The number of carbonyl (C=O) groups is 2. The van der Waals surface area contributed by atoms with Crippen LogP contribution in [0.25, 0.3) is 0 Å². The van der Waals surface area contributed by atoms with E-state index in [0.29, 0.717) is 13.0 Å². The second-order valence-electron chi connectivity index (χ2n) is 4.53. The van der Waals surface area contributed by atoms with Crippen molar-refractivity contribution in [3.8, 4) is 0 Å². The van der Waals surface area contributed by atoms with Crippen molar-refractivity contribution in [2.75, 3.05) is 25.2 Å². The second kappa shape index (κ2) is 5.84. The summed E-state index contributed by atoms with van der Waals surface area (Å²) in [5.74, 6) is -0.837. The minimum absolute atomic E-state index is 0.0273. The number of hydrogen-bond donors (Lipinski definition) is 1. The highest BCUT2D eigenvalue weighted by molar-refractivity contribution is 6.00. The summed E-state index contributed by atoms with van der Waals surface area (Å²) in [7, 11) is 1.33. The highest BCUT2D eigenvalue weighted by Gasteiger charge is 2.36. The number of ether oxygens (including phenoxy) is 1. The standard InChI is InChI=1S/C14H17NO4/c1-19-14(18)11-8-13(17)15(9-11)12-5-3-2-4-10(12)6-7-16/h2-5,11,16H,6-9H2,1H3. The summed E-state index contributed by atoms with van der Waals surface area (Å²) in [6.07, 6.45) is 0.670. The first-order valence-electron chi connectivity index (χ1n) is 6.24. The van der Waals surface area contributed by atoms with Crippen LogP contribution in [0.2, 0.25) is 0 Å². The molecule has 1 fully saturated rings. The van der Waals surface area contributed by atoms with E-state index in [2.05, 4.69) is 4.74 Å². The predicted octanol–water partition coefficient (Wildman–Crippen LogP) is 0.747. The Labute approximate surface area is 111 Å². The van der Waals surface area contributed by atoms with Gasteiger partial charge in [0.25, 0.3) is 0 Å². The van der Waals surface area contributed by atoms with Gasteiger partial charge in [-0.3, -0.25) is 9.59 Å². The van der Waals surface area contributed by atoms with Gasteiger partial charge in [0, 0.05) is 25.3 Å². The van der Waals surface area contributed by atoms with E-state index in [1.54, 1.807) is 4.90 Å². The SMILES string of the molecule is COC(=O)C1CC(=O)N(c2ccccc2CCO)C1. The zero-order valence-corrected chi connectivity index (χ0v) is 10.8. The Hall–Kier alpha value is -1.88. The van der Waals surface area contributed by atoms with E-state index in [1.165, 1.54) is 7.11 Å². The molecule has 1 aromatic rings. The molecule has 2 rings (SSSR count). The van der Waals surface area contributed by atoms with Crippen LogP contribution < -0.4 is 4.90 Å². The minimum Gasteiger partial charge on any atom is -0.469 e. The molecule has 0 spiro atoms. The molecule has 1 atom stereocenters. The van der Waals surface area contributed by atoms with Crippen molar-refractivity contribution in [2.45, 2.75) is 12.8 Å². The van der Waals surface area contributed by atoms with E-state index >= 15 is 0 Å². The number of hydrogen-bond acceptors (Lipinski definition) is 4. The summed E-state index contributed by atoms with van der Waals surface area (Å²) in [5, 5.41) is 9.05. The lowest BCUT2D eigenvalue weighted by Crippen LogP contribution is -2.27. The fourth-order valence-electron chi connectivity index (χ4n) is 2.37. The van der Waals surface area contributed by atoms with Crippen LogP contribution in [-0.2, 0) is 20.7 Å². The summed E-state index contributed by atoms with van der Waals surface area (Å²) in [4.78, 5) is 25.1. The van der Waals surface area contributed by atoms with Crippen molar-refractivity contribution in [3.63, 3.8) is 0 Å². The molecule has 102 valence electrons. The Morgan fingerprint density at radius 2 is 2.21 bits per heavy atom. The molecule has 0 aromatic heterocycles. The van der Waals surface area contributed by atoms with Crippen molar-refractivity contribution in [1.29, 1.82) is 0 Å². The Morgan fingerprint density at radius 3 is 2.89 bits per heavy atom. The topological polar surface area (TPSA) is 66.8 Å². The maximum atomic E-state index is 12.0. The molecule has 0 aliphatic carbocycles. The summed E-state index contributed by atoms with van der Waals surface area (Å²) < 4.78 is 4.69. The van der Waals surface area contributed by atoms with E-state index in [9.17, 15) is 9.59 Å². The molecule has 1 aliphatic heterocycles. The highest BCUT2D eigenvalue weighted by Crippen LogP contribution is 2.28. The van der Waals surface area contributed by atoms with Gasteiger partial charge in [-0.2, -0.15) is 0 Å². The third kappa shape index (κ3) is 2.76. The van der Waals surface area contributed by atoms with Crippen LogP contribution in [0.3, 0.4) is 0 Å². The van der Waals surface area contributed by atoms with Crippen molar-refractivity contribution < 1.29 is 19.4 Å². The molecule has 1 aromatic carbocycles. The molecule has 1 unspecified atom stereocenters. The Bertz CT molecular complexity index is 486. The summed E-state index contributed by atoms with van der Waals surface area (Å²) in [5.41, 5.74) is 1.68. The van der Waals surface area contributed by atoms with Crippen LogP contribution in [0.5, 0.6) is 0 Å². The van der Waals surface area contributed by atoms with E-state index < -0.39 is 5.92 Å². The average Bonchev–Trinajstić information content (AvgIpc) is 2.81. The molecule has 0 saturated carbocycles. The number of amides is 1. The van der Waals surface area contributed by atoms with Crippen molar-refractivity contribution in [1.82, 2.24) is 0 Å². The number of carbonyl (C=O) groups excluding carboxylic acids is 2. The smallest absolute Gasteiger partial charge is 0.311 e. The lowest BCUT2D eigenvalue weighted by molar-refractivity contribution is -0.145. The number of nitrogens with zero attached hydrogens (tertiary/aromatic N) is 1. The Morgan fingerprint density at radius 1 is 1.47 bits per heavy atom. The number of para-hydroxylation sites is 1. The van der Waals surface area contributed by atoms with E-state index in [4.69, 9.17) is 5.11 Å². The molecular formula is C14H17NO4. The van der Waals surface area contributed by atoms with Crippen LogP contribution in [-0.4, -0.2) is 37.2 Å². The first-order chi connectivity index (χ1) is 9.17. The third-order valence-corrected chi connectivity index (χ3v) is 3.32. The van der Waals surface area contributed by atoms with Gasteiger partial charge in [-0.15, -0.1) is 0 Å². The van der Waals surface area contributed by atoms with Crippen LogP contribution in [0.4, 0.5) is 5.69 Å². The monoisotopic (exact) mass is 263 g/mol. The first-order valence-corrected chi connectivity index (χ1v) is 6.24. The van der Waals surface area contributed by atoms with Gasteiger partial charge in [-0.05, 0) is 18.1 Å². The quantitative estimate of drug-likeness (QED) is 0.814. The fraction of sp³-hybridized carbons (Fsp3) is 0.429. The molecule has 1 aliphatic rings. The van der Waals surface area contributed by atoms with E-state index in [0.717, 1.165) is 11.3 Å². The van der Waals surface area contributed by atoms with Gasteiger partial charge < -0.3 is 14.7 Å². The Balaban J connectivity index is 2.23. The zero-order chi connectivity index (χ0) is 13.8. The van der Waals surface area contributed by atoms with Crippen LogP contribution >= 0.6 is 0 Å². The average molecular weight is 263 g/mol.